The summed E-state index contributed by atoms with van der Waals surface area (Å²) >= 11 is 1.33. The molecule has 0 aliphatic carbocycles. The lowest BCUT2D eigenvalue weighted by Crippen LogP contribution is -2.52. The standard InChI is InChI=1S/C27H37N5O5S/c1-7-16(2)22(31-26(36)37-27(4,5)6)25(35)32-13-9-12-21(32)24-30-20(15-38-24)23(34)29-19-11-8-10-18(14-19)28-17(3)33/h8,10-11,14-16,21-22H,7,9,12-13H2,1-6H3,(H,28,33)(H,29,34)(H,31,36)/t16?,21?,22-/m1/s1. The fourth-order valence-corrected chi connectivity index (χ4v) is 5.15. The number of hydrogen-bond acceptors (Lipinski definition) is 7. The third-order valence-electron chi connectivity index (χ3n) is 6.17. The predicted molar refractivity (Wildman–Crippen MR) is 147 cm³/mol. The van der Waals surface area contributed by atoms with E-state index >= 15 is 0 Å². The topological polar surface area (TPSA) is 130 Å². The summed E-state index contributed by atoms with van der Waals surface area (Å²) in [4.78, 5) is 56.6. The molecule has 1 aromatic carbocycles. The van der Waals surface area contributed by atoms with Crippen LogP contribution in [0.5, 0.6) is 0 Å². The highest BCUT2D eigenvalue weighted by atomic mass is 32.1. The number of benzene rings is 1. The molecule has 1 saturated heterocycles. The van der Waals surface area contributed by atoms with E-state index in [0.717, 1.165) is 12.8 Å². The summed E-state index contributed by atoms with van der Waals surface area (Å²) in [6.07, 6.45) is 1.60. The van der Waals surface area contributed by atoms with E-state index in [4.69, 9.17) is 4.74 Å². The SMILES string of the molecule is CCC(C)[C@@H](NC(=O)OC(C)(C)C)C(=O)N1CCCC1c1nc(C(=O)Nc2cccc(NC(C)=O)c2)cs1. The maximum atomic E-state index is 13.6. The van der Waals surface area contributed by atoms with Crippen molar-refractivity contribution in [1.82, 2.24) is 15.2 Å². The first kappa shape index (κ1) is 29.1. The van der Waals surface area contributed by atoms with Crippen LogP contribution in [0.4, 0.5) is 16.2 Å². The summed E-state index contributed by atoms with van der Waals surface area (Å²) < 4.78 is 5.40. The van der Waals surface area contributed by atoms with Crippen molar-refractivity contribution >= 4 is 46.5 Å². The van der Waals surface area contributed by atoms with Crippen molar-refractivity contribution < 1.29 is 23.9 Å². The van der Waals surface area contributed by atoms with Crippen LogP contribution in [0, 0.1) is 5.92 Å². The van der Waals surface area contributed by atoms with Gasteiger partial charge >= 0.3 is 6.09 Å². The normalized spacial score (nSPS) is 16.9. The number of alkyl carbamates (subject to hydrolysis) is 1. The maximum Gasteiger partial charge on any atom is 0.408 e. The van der Waals surface area contributed by atoms with E-state index < -0.39 is 17.7 Å². The number of nitrogens with zero attached hydrogens (tertiary/aromatic N) is 2. The molecular formula is C27H37N5O5S. The van der Waals surface area contributed by atoms with Gasteiger partial charge in [0.15, 0.2) is 0 Å². The second-order valence-corrected chi connectivity index (χ2v) is 11.4. The van der Waals surface area contributed by atoms with Crippen molar-refractivity contribution in [2.75, 3.05) is 17.2 Å². The lowest BCUT2D eigenvalue weighted by molar-refractivity contribution is -0.135. The van der Waals surface area contributed by atoms with Gasteiger partial charge in [-0.2, -0.15) is 0 Å². The first-order valence-electron chi connectivity index (χ1n) is 12.8. The number of nitrogens with one attached hydrogen (secondary N) is 3. The molecule has 3 atom stereocenters. The Kier molecular flexibility index (Phi) is 9.48. The summed E-state index contributed by atoms with van der Waals surface area (Å²) in [5.74, 6) is -0.858. The van der Waals surface area contributed by atoms with Crippen molar-refractivity contribution in [2.24, 2.45) is 5.92 Å². The van der Waals surface area contributed by atoms with Gasteiger partial charge in [0.05, 0.1) is 6.04 Å². The van der Waals surface area contributed by atoms with E-state index in [1.54, 1.807) is 55.3 Å². The first-order valence-corrected chi connectivity index (χ1v) is 13.7. The fraction of sp³-hybridized carbons (Fsp3) is 0.519. The summed E-state index contributed by atoms with van der Waals surface area (Å²) in [7, 11) is 0. The highest BCUT2D eigenvalue weighted by Gasteiger charge is 2.38. The van der Waals surface area contributed by atoms with Crippen molar-refractivity contribution in [1.29, 1.82) is 0 Å². The van der Waals surface area contributed by atoms with E-state index in [1.165, 1.54) is 18.3 Å². The van der Waals surface area contributed by atoms with Gasteiger partial charge < -0.3 is 25.6 Å². The van der Waals surface area contributed by atoms with Gasteiger partial charge in [-0.25, -0.2) is 9.78 Å². The van der Waals surface area contributed by atoms with Crippen LogP contribution in [0.2, 0.25) is 0 Å². The first-order chi connectivity index (χ1) is 17.9. The molecule has 3 N–H and O–H groups in total. The van der Waals surface area contributed by atoms with E-state index in [2.05, 4.69) is 20.9 Å². The average Bonchev–Trinajstić information content (AvgIpc) is 3.50. The van der Waals surface area contributed by atoms with Gasteiger partial charge in [-0.3, -0.25) is 14.4 Å². The smallest absolute Gasteiger partial charge is 0.408 e. The molecule has 11 heteroatoms. The highest BCUT2D eigenvalue weighted by molar-refractivity contribution is 7.10. The Morgan fingerprint density at radius 2 is 1.87 bits per heavy atom. The van der Waals surface area contributed by atoms with Crippen LogP contribution >= 0.6 is 11.3 Å². The molecule has 206 valence electrons. The van der Waals surface area contributed by atoms with Gasteiger partial charge in [0.1, 0.15) is 22.3 Å². The molecule has 1 aliphatic heterocycles. The van der Waals surface area contributed by atoms with Gasteiger partial charge in [-0.15, -0.1) is 11.3 Å². The molecule has 0 radical (unpaired) electrons. The summed E-state index contributed by atoms with van der Waals surface area (Å²) in [5, 5.41) is 10.6. The van der Waals surface area contributed by atoms with E-state index in [1.807, 2.05) is 13.8 Å². The molecule has 38 heavy (non-hydrogen) atoms. The molecule has 0 bridgehead atoms. The molecule has 3 rings (SSSR count). The molecule has 1 aliphatic rings. The molecule has 1 fully saturated rings. The Labute approximate surface area is 227 Å². The number of thiazole rings is 1. The summed E-state index contributed by atoms with van der Waals surface area (Å²) in [5.41, 5.74) is 0.676. The van der Waals surface area contributed by atoms with Crippen LogP contribution in [0.3, 0.4) is 0 Å². The number of aromatic nitrogens is 1. The monoisotopic (exact) mass is 543 g/mol. The van der Waals surface area contributed by atoms with Gasteiger partial charge in [0.25, 0.3) is 5.91 Å². The fourth-order valence-electron chi connectivity index (χ4n) is 4.20. The Morgan fingerprint density at radius 1 is 1.18 bits per heavy atom. The second-order valence-electron chi connectivity index (χ2n) is 10.5. The molecule has 1 aromatic heterocycles. The Balaban J connectivity index is 1.72. The van der Waals surface area contributed by atoms with Crippen LogP contribution < -0.4 is 16.0 Å². The number of amides is 4. The van der Waals surface area contributed by atoms with Gasteiger partial charge in [0, 0.05) is 30.2 Å². The van der Waals surface area contributed by atoms with Gasteiger partial charge in [-0.05, 0) is 57.7 Å². The molecule has 4 amide bonds. The van der Waals surface area contributed by atoms with Crippen LogP contribution in [0.25, 0.3) is 0 Å². The zero-order valence-electron chi connectivity index (χ0n) is 22.8. The van der Waals surface area contributed by atoms with Gasteiger partial charge in [-0.1, -0.05) is 26.3 Å². The number of likely N-dealkylation sites (tertiary alicyclic amines) is 1. The lowest BCUT2D eigenvalue weighted by atomic mass is 9.97. The Morgan fingerprint density at radius 3 is 2.50 bits per heavy atom. The van der Waals surface area contributed by atoms with Crippen molar-refractivity contribution in [3.8, 4) is 0 Å². The molecule has 10 nitrogen and oxygen atoms in total. The molecule has 0 saturated carbocycles. The highest BCUT2D eigenvalue weighted by Crippen LogP contribution is 2.35. The zero-order valence-corrected chi connectivity index (χ0v) is 23.6. The number of carbonyl (C=O) groups is 4. The maximum absolute atomic E-state index is 13.6. The lowest BCUT2D eigenvalue weighted by Gasteiger charge is -2.31. The quantitative estimate of drug-likeness (QED) is 0.432. The third-order valence-corrected chi connectivity index (χ3v) is 7.11. The van der Waals surface area contributed by atoms with E-state index in [0.29, 0.717) is 29.3 Å². The minimum atomic E-state index is -0.728. The van der Waals surface area contributed by atoms with Crippen LogP contribution in [0.1, 0.15) is 82.3 Å². The molecule has 2 heterocycles. The zero-order chi connectivity index (χ0) is 28.0. The van der Waals surface area contributed by atoms with Crippen LogP contribution in [-0.2, 0) is 14.3 Å². The summed E-state index contributed by atoms with van der Waals surface area (Å²) in [6, 6.07) is 5.85. The predicted octanol–water partition coefficient (Wildman–Crippen LogP) is 4.96. The van der Waals surface area contributed by atoms with Crippen molar-refractivity contribution in [3.63, 3.8) is 0 Å². The number of hydrogen-bond donors (Lipinski definition) is 3. The van der Waals surface area contributed by atoms with Crippen LogP contribution in [0.15, 0.2) is 29.6 Å². The Bertz CT molecular complexity index is 1170. The summed E-state index contributed by atoms with van der Waals surface area (Å²) in [6.45, 7) is 11.2. The third kappa shape index (κ3) is 7.77. The number of rotatable bonds is 8. The van der Waals surface area contributed by atoms with Crippen molar-refractivity contribution in [3.05, 3.63) is 40.3 Å². The van der Waals surface area contributed by atoms with Gasteiger partial charge in [0.2, 0.25) is 11.8 Å². The molecule has 2 unspecified atom stereocenters. The minimum Gasteiger partial charge on any atom is -0.444 e. The number of ether oxygens (including phenoxy) is 1. The largest absolute Gasteiger partial charge is 0.444 e. The minimum absolute atomic E-state index is 0.0952. The number of carbonyl (C=O) groups excluding carboxylic acids is 4. The number of anilines is 2. The Hall–Kier alpha value is -3.47. The molecule has 2 aromatic rings. The van der Waals surface area contributed by atoms with E-state index in [-0.39, 0.29) is 35.4 Å². The van der Waals surface area contributed by atoms with E-state index in [9.17, 15) is 19.2 Å². The van der Waals surface area contributed by atoms with Crippen molar-refractivity contribution in [2.45, 2.75) is 78.5 Å². The molecular weight excluding hydrogens is 506 g/mol. The average molecular weight is 544 g/mol. The molecule has 0 spiro atoms. The van der Waals surface area contributed by atoms with Crippen LogP contribution in [-0.4, -0.2) is 51.9 Å². The second kappa shape index (κ2) is 12.4.